The lowest BCUT2D eigenvalue weighted by molar-refractivity contribution is -0.167. The van der Waals surface area contributed by atoms with Crippen LogP contribution in [0.25, 0.3) is 0 Å². The van der Waals surface area contributed by atoms with E-state index in [2.05, 4.69) is 81.5 Å². The Morgan fingerprint density at radius 2 is 0.588 bits per heavy atom. The summed E-state index contributed by atoms with van der Waals surface area (Å²) in [7, 11) is 0. The standard InChI is InChI=1S/C62H102O6/c1-4-7-10-13-16-19-22-25-28-30-32-34-37-40-43-46-49-52-55-61(64)67-58-59(57-66-60(63)54-51-48-45-42-39-36-33-27-24-21-18-15-12-9-6-3)68-62(65)56-53-50-47-44-41-38-35-31-29-26-23-20-17-14-11-8-5-2/h9,12,15,18,21-22,24-30,32-34,36,39,59H,4-8,10-11,13-14,16-17,19-20,23,31,35,37-38,40-58H2,1-3H3/b12-9-,18-15-,24-21-,25-22-,29-26-,30-28-,33-27-,34-32-,39-36-. The highest BCUT2D eigenvalue weighted by Crippen LogP contribution is 2.14. The van der Waals surface area contributed by atoms with Crippen molar-refractivity contribution in [1.82, 2.24) is 0 Å². The van der Waals surface area contributed by atoms with E-state index >= 15 is 0 Å². The summed E-state index contributed by atoms with van der Waals surface area (Å²) >= 11 is 0. The molecule has 0 rings (SSSR count). The Balaban J connectivity index is 4.51. The first-order valence-electron chi connectivity index (χ1n) is 28.0. The zero-order valence-corrected chi connectivity index (χ0v) is 44.1. The molecule has 0 aliphatic carbocycles. The van der Waals surface area contributed by atoms with Crippen molar-refractivity contribution in [2.75, 3.05) is 13.2 Å². The maximum Gasteiger partial charge on any atom is 0.306 e. The predicted octanol–water partition coefficient (Wildman–Crippen LogP) is 18.7. The van der Waals surface area contributed by atoms with Gasteiger partial charge in [-0.05, 0) is 89.9 Å². The lowest BCUT2D eigenvalue weighted by Gasteiger charge is -2.18. The molecule has 0 aromatic carbocycles. The van der Waals surface area contributed by atoms with Gasteiger partial charge in [0.15, 0.2) is 6.10 Å². The van der Waals surface area contributed by atoms with E-state index in [0.717, 1.165) is 96.3 Å². The molecule has 6 heteroatoms. The van der Waals surface area contributed by atoms with E-state index < -0.39 is 6.10 Å². The summed E-state index contributed by atoms with van der Waals surface area (Å²) in [4.78, 5) is 38.1. The molecule has 0 fully saturated rings. The van der Waals surface area contributed by atoms with Crippen molar-refractivity contribution in [1.29, 1.82) is 0 Å². The van der Waals surface area contributed by atoms with E-state index in [1.807, 2.05) is 48.6 Å². The average Bonchev–Trinajstić information content (AvgIpc) is 3.34. The van der Waals surface area contributed by atoms with E-state index in [1.54, 1.807) is 0 Å². The Morgan fingerprint density at radius 1 is 0.309 bits per heavy atom. The highest BCUT2D eigenvalue weighted by Gasteiger charge is 2.19. The molecule has 386 valence electrons. The van der Waals surface area contributed by atoms with E-state index in [0.29, 0.717) is 19.3 Å². The van der Waals surface area contributed by atoms with Crippen LogP contribution in [0.1, 0.15) is 245 Å². The second-order valence-corrected chi connectivity index (χ2v) is 18.3. The van der Waals surface area contributed by atoms with Crippen LogP contribution in [-0.4, -0.2) is 37.2 Å². The Labute approximate surface area is 419 Å². The fourth-order valence-electron chi connectivity index (χ4n) is 7.46. The normalized spacial score (nSPS) is 12.9. The average molecular weight is 943 g/mol. The van der Waals surface area contributed by atoms with Gasteiger partial charge >= 0.3 is 17.9 Å². The molecule has 0 saturated heterocycles. The SMILES string of the molecule is CC\C=C/C=C\C=C/C=C\C=C/CCCCCC(=O)OCC(COC(=O)CCCCCCC\C=C/C=C\C=C/CCCCCCC)OC(=O)CCCCCCCCC/C=C\CCCCCCCC. The molecule has 1 atom stereocenters. The van der Waals surface area contributed by atoms with Crippen LogP contribution in [0.15, 0.2) is 109 Å². The van der Waals surface area contributed by atoms with Crippen molar-refractivity contribution in [3.63, 3.8) is 0 Å². The smallest absolute Gasteiger partial charge is 0.306 e. The fourth-order valence-corrected chi connectivity index (χ4v) is 7.46. The lowest BCUT2D eigenvalue weighted by Crippen LogP contribution is -2.30. The molecule has 0 saturated carbocycles. The summed E-state index contributed by atoms with van der Waals surface area (Å²) in [5.74, 6) is -0.971. The third-order valence-corrected chi connectivity index (χ3v) is 11.7. The third kappa shape index (κ3) is 53.0. The summed E-state index contributed by atoms with van der Waals surface area (Å²) in [5, 5.41) is 0. The van der Waals surface area contributed by atoms with Gasteiger partial charge in [-0.1, -0.05) is 246 Å². The van der Waals surface area contributed by atoms with Crippen molar-refractivity contribution in [2.24, 2.45) is 0 Å². The number of hydrogen-bond donors (Lipinski definition) is 0. The van der Waals surface area contributed by atoms with Gasteiger partial charge in [-0.15, -0.1) is 0 Å². The monoisotopic (exact) mass is 943 g/mol. The number of esters is 3. The Hall–Kier alpha value is -3.93. The zero-order chi connectivity index (χ0) is 49.3. The van der Waals surface area contributed by atoms with Gasteiger partial charge in [0.05, 0.1) is 0 Å². The minimum atomic E-state index is -0.809. The Kier molecular flexibility index (Phi) is 52.4. The van der Waals surface area contributed by atoms with Crippen molar-refractivity contribution >= 4 is 17.9 Å². The minimum Gasteiger partial charge on any atom is -0.462 e. The third-order valence-electron chi connectivity index (χ3n) is 11.7. The molecular formula is C62H102O6. The molecule has 6 nitrogen and oxygen atoms in total. The summed E-state index contributed by atoms with van der Waals surface area (Å²) in [6.45, 7) is 6.42. The van der Waals surface area contributed by atoms with Gasteiger partial charge in [-0.25, -0.2) is 0 Å². The molecule has 0 radical (unpaired) electrons. The second kappa shape index (κ2) is 55.7. The molecule has 0 N–H and O–H groups in total. The molecule has 0 aromatic rings. The maximum atomic E-state index is 12.8. The highest BCUT2D eigenvalue weighted by molar-refractivity contribution is 5.71. The van der Waals surface area contributed by atoms with Gasteiger partial charge < -0.3 is 14.2 Å². The molecule has 0 aliphatic rings. The van der Waals surface area contributed by atoms with Crippen molar-refractivity contribution in [2.45, 2.75) is 252 Å². The quantitative estimate of drug-likeness (QED) is 0.0199. The molecule has 0 bridgehead atoms. The second-order valence-electron chi connectivity index (χ2n) is 18.3. The van der Waals surface area contributed by atoms with E-state index in [-0.39, 0.29) is 31.1 Å². The van der Waals surface area contributed by atoms with Crippen LogP contribution in [0.3, 0.4) is 0 Å². The number of carbonyl (C=O) groups is 3. The summed E-state index contributed by atoms with van der Waals surface area (Å²) in [6.07, 6.45) is 75.0. The molecule has 68 heavy (non-hydrogen) atoms. The molecule has 0 aromatic heterocycles. The first kappa shape index (κ1) is 64.1. The van der Waals surface area contributed by atoms with Crippen molar-refractivity contribution in [3.8, 4) is 0 Å². The van der Waals surface area contributed by atoms with E-state index in [1.165, 1.54) is 109 Å². The van der Waals surface area contributed by atoms with Crippen molar-refractivity contribution in [3.05, 3.63) is 109 Å². The molecule has 0 heterocycles. The Morgan fingerprint density at radius 3 is 0.956 bits per heavy atom. The summed E-state index contributed by atoms with van der Waals surface area (Å²) < 4.78 is 16.8. The molecule has 0 spiro atoms. The number of carbonyl (C=O) groups excluding carboxylic acids is 3. The van der Waals surface area contributed by atoms with Crippen LogP contribution in [0.4, 0.5) is 0 Å². The van der Waals surface area contributed by atoms with Gasteiger partial charge in [0, 0.05) is 19.3 Å². The molecular weight excluding hydrogens is 841 g/mol. The lowest BCUT2D eigenvalue weighted by atomic mass is 10.1. The van der Waals surface area contributed by atoms with E-state index in [9.17, 15) is 14.4 Å². The van der Waals surface area contributed by atoms with Gasteiger partial charge in [0.2, 0.25) is 0 Å². The highest BCUT2D eigenvalue weighted by atomic mass is 16.6. The maximum absolute atomic E-state index is 12.8. The van der Waals surface area contributed by atoms with Crippen LogP contribution in [-0.2, 0) is 28.6 Å². The van der Waals surface area contributed by atoms with E-state index in [4.69, 9.17) is 14.2 Å². The summed E-state index contributed by atoms with van der Waals surface area (Å²) in [6, 6.07) is 0. The molecule has 0 amide bonds. The van der Waals surface area contributed by atoms with Crippen LogP contribution >= 0.6 is 0 Å². The minimum absolute atomic E-state index is 0.106. The zero-order valence-electron chi connectivity index (χ0n) is 44.1. The fraction of sp³-hybridized carbons (Fsp3) is 0.661. The topological polar surface area (TPSA) is 78.9 Å². The Bertz CT molecular complexity index is 1410. The van der Waals surface area contributed by atoms with Crippen LogP contribution in [0, 0.1) is 0 Å². The summed E-state index contributed by atoms with van der Waals surface area (Å²) in [5.41, 5.74) is 0. The number of hydrogen-bond acceptors (Lipinski definition) is 6. The van der Waals surface area contributed by atoms with Gasteiger partial charge in [-0.3, -0.25) is 14.4 Å². The van der Waals surface area contributed by atoms with Gasteiger partial charge in [0.1, 0.15) is 13.2 Å². The van der Waals surface area contributed by atoms with Crippen LogP contribution in [0.2, 0.25) is 0 Å². The van der Waals surface area contributed by atoms with Gasteiger partial charge in [0.25, 0.3) is 0 Å². The largest absolute Gasteiger partial charge is 0.462 e. The van der Waals surface area contributed by atoms with Crippen molar-refractivity contribution < 1.29 is 28.6 Å². The molecule has 1 unspecified atom stereocenters. The number of ether oxygens (including phenoxy) is 3. The number of allylic oxidation sites excluding steroid dienone is 18. The molecule has 0 aliphatic heterocycles. The van der Waals surface area contributed by atoms with Gasteiger partial charge in [-0.2, -0.15) is 0 Å². The first-order valence-corrected chi connectivity index (χ1v) is 28.0. The first-order chi connectivity index (χ1) is 33.5. The number of rotatable bonds is 49. The van der Waals surface area contributed by atoms with Crippen LogP contribution in [0.5, 0.6) is 0 Å². The number of unbranched alkanes of at least 4 members (excludes halogenated alkanes) is 26. The predicted molar refractivity (Wildman–Crippen MR) is 293 cm³/mol. The van der Waals surface area contributed by atoms with Crippen LogP contribution < -0.4 is 0 Å².